The number of aromatic carboxylic acids is 1. The minimum Gasteiger partial charge on any atom is -0.475 e. The summed E-state index contributed by atoms with van der Waals surface area (Å²) in [6.45, 7) is 3.02. The Morgan fingerprint density at radius 1 is 1.28 bits per heavy atom. The molecule has 2 rings (SSSR count). The monoisotopic (exact) mass is 361 g/mol. The molecule has 1 aromatic heterocycles. The quantitative estimate of drug-likeness (QED) is 0.302. The molecule has 1 heterocycles. The highest BCUT2D eigenvalue weighted by atomic mass is 32.1. The van der Waals surface area contributed by atoms with Crippen molar-refractivity contribution in [2.45, 2.75) is 6.92 Å². The molecule has 3 N–H and O–H groups in total. The Balaban J connectivity index is 1.99. The summed E-state index contributed by atoms with van der Waals surface area (Å²) < 4.78 is 10.2. The van der Waals surface area contributed by atoms with Crippen LogP contribution in [0.25, 0.3) is 11.3 Å². The summed E-state index contributed by atoms with van der Waals surface area (Å²) in [5, 5.41) is 16.5. The van der Waals surface area contributed by atoms with Gasteiger partial charge in [0, 0.05) is 19.2 Å². The molecule has 1 aromatic carbocycles. The number of benzene rings is 1. The van der Waals surface area contributed by atoms with Crippen molar-refractivity contribution in [1.29, 1.82) is 0 Å². The number of ether oxygens (including phenoxy) is 1. The van der Waals surface area contributed by atoms with Crippen LogP contribution >= 0.6 is 12.2 Å². The van der Waals surface area contributed by atoms with Crippen molar-refractivity contribution in [2.75, 3.05) is 20.3 Å². The van der Waals surface area contributed by atoms with Crippen LogP contribution in [0.4, 0.5) is 0 Å². The second-order valence-electron chi connectivity index (χ2n) is 5.10. The fraction of sp³-hybridized carbons (Fsp3) is 0.235. The SMILES string of the molecule is COCCNC(=S)N/N=C(/C)c1ccc(-c2ccc(C(=O)O)o2)cc1. The van der Waals surface area contributed by atoms with Gasteiger partial charge in [-0.3, -0.25) is 5.43 Å². The summed E-state index contributed by atoms with van der Waals surface area (Å²) in [5.74, 6) is -0.678. The molecule has 0 saturated heterocycles. The fourth-order valence-electron chi connectivity index (χ4n) is 1.99. The van der Waals surface area contributed by atoms with E-state index in [9.17, 15) is 4.79 Å². The van der Waals surface area contributed by atoms with Gasteiger partial charge in [0.05, 0.1) is 12.3 Å². The maximum atomic E-state index is 10.9. The van der Waals surface area contributed by atoms with E-state index in [0.29, 0.717) is 24.0 Å². The molecule has 0 unspecified atom stereocenters. The van der Waals surface area contributed by atoms with E-state index in [-0.39, 0.29) is 5.76 Å². The van der Waals surface area contributed by atoms with Gasteiger partial charge in [-0.25, -0.2) is 4.79 Å². The number of hydrogen-bond donors (Lipinski definition) is 3. The maximum Gasteiger partial charge on any atom is 0.371 e. The lowest BCUT2D eigenvalue weighted by molar-refractivity contribution is 0.0663. The second-order valence-corrected chi connectivity index (χ2v) is 5.51. The third-order valence-corrected chi connectivity index (χ3v) is 3.56. The first-order valence-corrected chi connectivity index (χ1v) is 7.93. The van der Waals surface area contributed by atoms with Crippen LogP contribution in [0.1, 0.15) is 23.0 Å². The van der Waals surface area contributed by atoms with Crippen molar-refractivity contribution >= 4 is 29.0 Å². The number of methoxy groups -OCH3 is 1. The number of nitrogens with one attached hydrogen (secondary N) is 2. The highest BCUT2D eigenvalue weighted by Gasteiger charge is 2.10. The number of furan rings is 1. The molecule has 0 aliphatic carbocycles. The highest BCUT2D eigenvalue weighted by molar-refractivity contribution is 7.80. The molecular weight excluding hydrogens is 342 g/mol. The van der Waals surface area contributed by atoms with Gasteiger partial charge in [-0.05, 0) is 36.8 Å². The predicted octanol–water partition coefficient (Wildman–Crippen LogP) is 2.48. The number of hydrazone groups is 1. The van der Waals surface area contributed by atoms with Crippen LogP contribution in [0.15, 0.2) is 45.9 Å². The van der Waals surface area contributed by atoms with Crippen molar-refractivity contribution in [1.82, 2.24) is 10.7 Å². The Morgan fingerprint density at radius 3 is 2.60 bits per heavy atom. The first-order chi connectivity index (χ1) is 12.0. The topological polar surface area (TPSA) is 96.1 Å². The summed E-state index contributed by atoms with van der Waals surface area (Å²) in [5.41, 5.74) is 5.22. The Kier molecular flexibility index (Phi) is 6.67. The average molecular weight is 361 g/mol. The molecule has 0 saturated carbocycles. The number of rotatable bonds is 7. The number of nitrogens with zero attached hydrogens (tertiary/aromatic N) is 1. The number of hydrogen-bond acceptors (Lipinski definition) is 5. The Morgan fingerprint density at radius 2 is 2.00 bits per heavy atom. The number of carboxylic acid groups (broad SMARTS) is 1. The minimum absolute atomic E-state index is 0.0875. The lowest BCUT2D eigenvalue weighted by Gasteiger charge is -2.07. The smallest absolute Gasteiger partial charge is 0.371 e. The molecule has 0 fully saturated rings. The van der Waals surface area contributed by atoms with E-state index in [0.717, 1.165) is 16.8 Å². The van der Waals surface area contributed by atoms with Crippen LogP contribution in [0.2, 0.25) is 0 Å². The summed E-state index contributed by atoms with van der Waals surface area (Å²) >= 11 is 5.10. The molecule has 0 aliphatic rings. The average Bonchev–Trinajstić information content (AvgIpc) is 3.10. The van der Waals surface area contributed by atoms with Crippen LogP contribution < -0.4 is 10.7 Å². The molecule has 0 atom stereocenters. The first kappa shape index (κ1) is 18.6. The summed E-state index contributed by atoms with van der Waals surface area (Å²) in [7, 11) is 1.62. The largest absolute Gasteiger partial charge is 0.475 e. The standard InChI is InChI=1S/C17H19N3O4S/c1-11(19-20-17(25)18-9-10-23-2)12-3-5-13(6-4-12)14-7-8-15(24-14)16(21)22/h3-8H,9-10H2,1-2H3,(H,21,22)(H2,18,20,25)/b19-11-. The summed E-state index contributed by atoms with van der Waals surface area (Å²) in [6, 6.07) is 10.5. The van der Waals surface area contributed by atoms with Crippen molar-refractivity contribution < 1.29 is 19.1 Å². The Hall–Kier alpha value is -2.71. The van der Waals surface area contributed by atoms with Crippen molar-refractivity contribution in [2.24, 2.45) is 5.10 Å². The van der Waals surface area contributed by atoms with E-state index in [1.165, 1.54) is 6.07 Å². The van der Waals surface area contributed by atoms with Crippen molar-refractivity contribution in [3.05, 3.63) is 47.7 Å². The van der Waals surface area contributed by atoms with Crippen LogP contribution in [-0.4, -0.2) is 42.2 Å². The van der Waals surface area contributed by atoms with Crippen LogP contribution in [-0.2, 0) is 4.74 Å². The molecule has 0 bridgehead atoms. The highest BCUT2D eigenvalue weighted by Crippen LogP contribution is 2.22. The van der Waals surface area contributed by atoms with Gasteiger partial charge in [-0.2, -0.15) is 5.10 Å². The van der Waals surface area contributed by atoms with Gasteiger partial charge in [0.25, 0.3) is 0 Å². The van der Waals surface area contributed by atoms with E-state index in [4.69, 9.17) is 26.5 Å². The lowest BCUT2D eigenvalue weighted by atomic mass is 10.1. The van der Waals surface area contributed by atoms with Gasteiger partial charge in [-0.15, -0.1) is 0 Å². The van der Waals surface area contributed by atoms with E-state index in [2.05, 4.69) is 15.8 Å². The minimum atomic E-state index is -1.09. The Bertz CT molecular complexity index is 768. The molecule has 0 spiro atoms. The normalized spacial score (nSPS) is 11.2. The summed E-state index contributed by atoms with van der Waals surface area (Å²) in [4.78, 5) is 10.9. The maximum absolute atomic E-state index is 10.9. The van der Waals surface area contributed by atoms with E-state index < -0.39 is 5.97 Å². The van der Waals surface area contributed by atoms with E-state index in [1.807, 2.05) is 31.2 Å². The first-order valence-electron chi connectivity index (χ1n) is 7.52. The van der Waals surface area contributed by atoms with Gasteiger partial charge in [0.15, 0.2) is 5.11 Å². The third-order valence-electron chi connectivity index (χ3n) is 3.32. The third kappa shape index (κ3) is 5.40. The molecule has 25 heavy (non-hydrogen) atoms. The molecule has 0 aliphatic heterocycles. The molecule has 7 nitrogen and oxygen atoms in total. The molecule has 0 radical (unpaired) electrons. The van der Waals surface area contributed by atoms with Crippen LogP contribution in [0.3, 0.4) is 0 Å². The molecule has 132 valence electrons. The van der Waals surface area contributed by atoms with E-state index >= 15 is 0 Å². The molecule has 2 aromatic rings. The van der Waals surface area contributed by atoms with Crippen LogP contribution in [0.5, 0.6) is 0 Å². The molecular formula is C17H19N3O4S. The van der Waals surface area contributed by atoms with Gasteiger partial charge in [0.1, 0.15) is 5.76 Å². The van der Waals surface area contributed by atoms with Gasteiger partial charge < -0.3 is 19.6 Å². The summed E-state index contributed by atoms with van der Waals surface area (Å²) in [6.07, 6.45) is 0. The fourth-order valence-corrected chi connectivity index (χ4v) is 2.14. The van der Waals surface area contributed by atoms with Crippen LogP contribution in [0, 0.1) is 0 Å². The van der Waals surface area contributed by atoms with E-state index in [1.54, 1.807) is 13.2 Å². The molecule has 0 amide bonds. The number of carbonyl (C=O) groups is 1. The van der Waals surface area contributed by atoms with Crippen molar-refractivity contribution in [3.8, 4) is 11.3 Å². The number of thiocarbonyl (C=S) groups is 1. The van der Waals surface area contributed by atoms with Gasteiger partial charge in [0.2, 0.25) is 5.76 Å². The molecule has 8 heteroatoms. The van der Waals surface area contributed by atoms with Crippen molar-refractivity contribution in [3.63, 3.8) is 0 Å². The second kappa shape index (κ2) is 8.95. The number of carboxylic acids is 1. The zero-order valence-corrected chi connectivity index (χ0v) is 14.7. The van der Waals surface area contributed by atoms with Gasteiger partial charge in [-0.1, -0.05) is 24.3 Å². The van der Waals surface area contributed by atoms with Gasteiger partial charge >= 0.3 is 5.97 Å². The zero-order valence-electron chi connectivity index (χ0n) is 13.9. The zero-order chi connectivity index (χ0) is 18.2. The Labute approximate surface area is 150 Å². The lowest BCUT2D eigenvalue weighted by Crippen LogP contribution is -2.34. The predicted molar refractivity (Wildman–Crippen MR) is 98.9 cm³/mol.